The van der Waals surface area contributed by atoms with Gasteiger partial charge < -0.3 is 9.64 Å². The molecule has 3 heteroatoms. The van der Waals surface area contributed by atoms with Crippen LogP contribution in [0.15, 0.2) is 84.9 Å². The molecule has 3 aromatic rings. The SMILES string of the molecule is O=C(C1CCOc2ccccc21)N(Cc1ccccc1)c1ccccc1. The topological polar surface area (TPSA) is 29.5 Å². The summed E-state index contributed by atoms with van der Waals surface area (Å²) < 4.78 is 5.74. The fourth-order valence-corrected chi connectivity index (χ4v) is 3.46. The summed E-state index contributed by atoms with van der Waals surface area (Å²) in [5, 5.41) is 0. The van der Waals surface area contributed by atoms with Crippen LogP contribution in [0.1, 0.15) is 23.5 Å². The van der Waals surface area contributed by atoms with E-state index in [1.807, 2.05) is 77.7 Å². The van der Waals surface area contributed by atoms with Crippen LogP contribution < -0.4 is 9.64 Å². The van der Waals surface area contributed by atoms with Crippen LogP contribution in [0.2, 0.25) is 0 Å². The van der Waals surface area contributed by atoms with Gasteiger partial charge >= 0.3 is 0 Å². The lowest BCUT2D eigenvalue weighted by Crippen LogP contribution is -2.36. The Bertz CT molecular complexity index is 877. The highest BCUT2D eigenvalue weighted by atomic mass is 16.5. The van der Waals surface area contributed by atoms with Gasteiger partial charge in [0.15, 0.2) is 0 Å². The van der Waals surface area contributed by atoms with Gasteiger partial charge in [0.2, 0.25) is 5.91 Å². The molecule has 0 spiro atoms. The second-order valence-electron chi connectivity index (χ2n) is 6.47. The molecule has 3 aromatic carbocycles. The summed E-state index contributed by atoms with van der Waals surface area (Å²) in [5.74, 6) is 0.768. The average Bonchev–Trinajstić information content (AvgIpc) is 2.72. The molecule has 1 amide bonds. The molecular weight excluding hydrogens is 322 g/mol. The number of carbonyl (C=O) groups excluding carboxylic acids is 1. The summed E-state index contributed by atoms with van der Waals surface area (Å²) >= 11 is 0. The van der Waals surface area contributed by atoms with Crippen LogP contribution in [0.25, 0.3) is 0 Å². The first-order chi connectivity index (χ1) is 12.8. The average molecular weight is 343 g/mol. The summed E-state index contributed by atoms with van der Waals surface area (Å²) in [4.78, 5) is 15.4. The molecule has 1 aliphatic rings. The third-order valence-corrected chi connectivity index (χ3v) is 4.77. The van der Waals surface area contributed by atoms with Gasteiger partial charge in [-0.2, -0.15) is 0 Å². The highest BCUT2D eigenvalue weighted by Crippen LogP contribution is 2.36. The third kappa shape index (κ3) is 3.33. The van der Waals surface area contributed by atoms with Gasteiger partial charge in [0.25, 0.3) is 0 Å². The Morgan fingerprint density at radius 2 is 1.54 bits per heavy atom. The van der Waals surface area contributed by atoms with Gasteiger partial charge in [0.05, 0.1) is 19.1 Å². The van der Waals surface area contributed by atoms with Crippen molar-refractivity contribution < 1.29 is 9.53 Å². The Hall–Kier alpha value is -3.07. The van der Waals surface area contributed by atoms with Crippen LogP contribution in [0.5, 0.6) is 5.75 Å². The zero-order valence-corrected chi connectivity index (χ0v) is 14.5. The van der Waals surface area contributed by atoms with Crippen molar-refractivity contribution in [3.8, 4) is 5.75 Å². The molecule has 0 saturated heterocycles. The predicted octanol–water partition coefficient (Wildman–Crippen LogP) is 4.79. The lowest BCUT2D eigenvalue weighted by molar-refractivity contribution is -0.120. The van der Waals surface area contributed by atoms with Crippen molar-refractivity contribution in [3.63, 3.8) is 0 Å². The first-order valence-corrected chi connectivity index (χ1v) is 8.95. The zero-order valence-electron chi connectivity index (χ0n) is 14.5. The van der Waals surface area contributed by atoms with Gasteiger partial charge in [-0.25, -0.2) is 0 Å². The van der Waals surface area contributed by atoms with Gasteiger partial charge in [-0.3, -0.25) is 4.79 Å². The van der Waals surface area contributed by atoms with Crippen molar-refractivity contribution in [2.75, 3.05) is 11.5 Å². The normalized spacial score (nSPS) is 15.6. The number of amides is 1. The number of rotatable bonds is 4. The van der Waals surface area contributed by atoms with Crippen molar-refractivity contribution >= 4 is 11.6 Å². The largest absolute Gasteiger partial charge is 0.493 e. The molecule has 0 bridgehead atoms. The summed E-state index contributed by atoms with van der Waals surface area (Å²) in [6.07, 6.45) is 0.702. The quantitative estimate of drug-likeness (QED) is 0.682. The molecule has 4 rings (SSSR count). The number of carbonyl (C=O) groups is 1. The first-order valence-electron chi connectivity index (χ1n) is 8.95. The van der Waals surface area contributed by atoms with Gasteiger partial charge in [-0.05, 0) is 30.2 Å². The van der Waals surface area contributed by atoms with Crippen molar-refractivity contribution in [3.05, 3.63) is 96.1 Å². The maximum Gasteiger partial charge on any atom is 0.235 e. The van der Waals surface area contributed by atoms with Gasteiger partial charge in [-0.15, -0.1) is 0 Å². The minimum Gasteiger partial charge on any atom is -0.493 e. The number of para-hydroxylation sites is 2. The van der Waals surface area contributed by atoms with Crippen LogP contribution in [0.3, 0.4) is 0 Å². The summed E-state index contributed by atoms with van der Waals surface area (Å²) in [6, 6.07) is 27.9. The zero-order chi connectivity index (χ0) is 17.8. The maximum absolute atomic E-state index is 13.5. The van der Waals surface area contributed by atoms with Crippen molar-refractivity contribution in [2.45, 2.75) is 18.9 Å². The number of ether oxygens (including phenoxy) is 1. The minimum atomic E-state index is -0.177. The summed E-state index contributed by atoms with van der Waals surface area (Å²) in [7, 11) is 0. The fourth-order valence-electron chi connectivity index (χ4n) is 3.46. The Kier molecular flexibility index (Phi) is 4.69. The lowest BCUT2D eigenvalue weighted by Gasteiger charge is -2.31. The van der Waals surface area contributed by atoms with E-state index in [9.17, 15) is 4.79 Å². The first kappa shape index (κ1) is 16.4. The van der Waals surface area contributed by atoms with E-state index in [-0.39, 0.29) is 11.8 Å². The lowest BCUT2D eigenvalue weighted by atomic mass is 9.91. The van der Waals surface area contributed by atoms with Crippen molar-refractivity contribution in [2.24, 2.45) is 0 Å². The third-order valence-electron chi connectivity index (χ3n) is 4.77. The second-order valence-corrected chi connectivity index (χ2v) is 6.47. The number of benzene rings is 3. The summed E-state index contributed by atoms with van der Waals surface area (Å²) in [6.45, 7) is 1.13. The summed E-state index contributed by atoms with van der Waals surface area (Å²) in [5.41, 5.74) is 3.02. The van der Waals surface area contributed by atoms with E-state index in [0.717, 1.165) is 22.6 Å². The van der Waals surface area contributed by atoms with Gasteiger partial charge in [0.1, 0.15) is 5.75 Å². The number of fused-ring (bicyclic) bond motifs is 1. The molecule has 3 nitrogen and oxygen atoms in total. The molecule has 0 fully saturated rings. The Labute approximate surface area is 153 Å². The number of nitrogens with zero attached hydrogens (tertiary/aromatic N) is 1. The van der Waals surface area contributed by atoms with Crippen LogP contribution >= 0.6 is 0 Å². The van der Waals surface area contributed by atoms with E-state index in [0.29, 0.717) is 19.6 Å². The number of hydrogen-bond donors (Lipinski definition) is 0. The van der Waals surface area contributed by atoms with E-state index in [4.69, 9.17) is 4.74 Å². The molecule has 0 radical (unpaired) electrons. The van der Waals surface area contributed by atoms with Crippen molar-refractivity contribution in [1.29, 1.82) is 0 Å². The number of hydrogen-bond acceptors (Lipinski definition) is 2. The van der Waals surface area contributed by atoms with E-state index >= 15 is 0 Å². The monoisotopic (exact) mass is 343 g/mol. The molecule has 130 valence electrons. The molecule has 1 atom stereocenters. The maximum atomic E-state index is 13.5. The minimum absolute atomic E-state index is 0.121. The van der Waals surface area contributed by atoms with Crippen molar-refractivity contribution in [1.82, 2.24) is 0 Å². The molecule has 1 aliphatic heterocycles. The van der Waals surface area contributed by atoms with Crippen LogP contribution in [0, 0.1) is 0 Å². The predicted molar refractivity (Wildman–Crippen MR) is 103 cm³/mol. The number of anilines is 1. The molecule has 0 aromatic heterocycles. The van der Waals surface area contributed by atoms with Gasteiger partial charge in [-0.1, -0.05) is 66.7 Å². The standard InChI is InChI=1S/C23H21NO2/c25-23(21-15-16-26-22-14-8-7-13-20(21)22)24(19-11-5-2-6-12-19)17-18-9-3-1-4-10-18/h1-14,21H,15-17H2. The van der Waals surface area contributed by atoms with Crippen LogP contribution in [-0.4, -0.2) is 12.5 Å². The van der Waals surface area contributed by atoms with Gasteiger partial charge in [0, 0.05) is 11.3 Å². The molecule has 1 unspecified atom stereocenters. The second kappa shape index (κ2) is 7.44. The molecule has 26 heavy (non-hydrogen) atoms. The molecule has 0 saturated carbocycles. The van der Waals surface area contributed by atoms with E-state index in [2.05, 4.69) is 12.1 Å². The Morgan fingerprint density at radius 3 is 2.31 bits per heavy atom. The molecule has 0 N–H and O–H groups in total. The highest BCUT2D eigenvalue weighted by molar-refractivity contribution is 5.98. The molecular formula is C23H21NO2. The molecule has 0 aliphatic carbocycles. The smallest absolute Gasteiger partial charge is 0.235 e. The van der Waals surface area contributed by atoms with Crippen LogP contribution in [-0.2, 0) is 11.3 Å². The van der Waals surface area contributed by atoms with E-state index in [1.54, 1.807) is 0 Å². The van der Waals surface area contributed by atoms with Crippen LogP contribution in [0.4, 0.5) is 5.69 Å². The highest BCUT2D eigenvalue weighted by Gasteiger charge is 2.31. The fraction of sp³-hybridized carbons (Fsp3) is 0.174. The van der Waals surface area contributed by atoms with E-state index < -0.39 is 0 Å². The Morgan fingerprint density at radius 1 is 0.885 bits per heavy atom. The van der Waals surface area contributed by atoms with E-state index in [1.165, 1.54) is 0 Å². The Balaban J connectivity index is 1.69. The molecule has 1 heterocycles.